The molecular formula is C24H32N2O2. The molecule has 1 aliphatic heterocycles. The van der Waals surface area contributed by atoms with E-state index in [1.165, 1.54) is 16.7 Å². The maximum atomic E-state index is 12.4. The number of carbonyl (C=O) groups is 1. The topological polar surface area (TPSA) is 41.6 Å². The van der Waals surface area contributed by atoms with Crippen LogP contribution in [0.15, 0.2) is 54.6 Å². The summed E-state index contributed by atoms with van der Waals surface area (Å²) in [5, 5.41) is 3.06. The Morgan fingerprint density at radius 2 is 1.82 bits per heavy atom. The van der Waals surface area contributed by atoms with Gasteiger partial charge in [0.1, 0.15) is 0 Å². The van der Waals surface area contributed by atoms with E-state index in [1.54, 1.807) is 0 Å². The van der Waals surface area contributed by atoms with Crippen LogP contribution in [0, 0.1) is 0 Å². The quantitative estimate of drug-likeness (QED) is 0.791. The molecule has 28 heavy (non-hydrogen) atoms. The Bertz CT molecular complexity index is 743. The number of hydrogen-bond acceptors (Lipinski definition) is 3. The van der Waals surface area contributed by atoms with Crippen molar-refractivity contribution in [1.29, 1.82) is 0 Å². The van der Waals surface area contributed by atoms with Crippen LogP contribution < -0.4 is 5.32 Å². The van der Waals surface area contributed by atoms with Gasteiger partial charge in [-0.25, -0.2) is 0 Å². The zero-order valence-corrected chi connectivity index (χ0v) is 17.2. The molecule has 1 fully saturated rings. The summed E-state index contributed by atoms with van der Waals surface area (Å²) in [4.78, 5) is 14.6. The van der Waals surface area contributed by atoms with Crippen molar-refractivity contribution in [2.24, 2.45) is 0 Å². The lowest BCUT2D eigenvalue weighted by molar-refractivity contribution is -0.126. The minimum atomic E-state index is 0.0252. The Labute approximate surface area is 168 Å². The van der Waals surface area contributed by atoms with Crippen LogP contribution in [0.3, 0.4) is 0 Å². The molecule has 2 atom stereocenters. The zero-order chi connectivity index (χ0) is 19.9. The molecule has 0 bridgehead atoms. The fraction of sp³-hybridized carbons (Fsp3) is 0.458. The number of nitrogens with one attached hydrogen (secondary N) is 1. The molecule has 0 saturated carbocycles. The second kappa shape index (κ2) is 9.85. The minimum absolute atomic E-state index is 0.0252. The van der Waals surface area contributed by atoms with Crippen molar-refractivity contribution >= 4 is 5.91 Å². The van der Waals surface area contributed by atoms with Crippen LogP contribution in [0.25, 0.3) is 0 Å². The molecule has 1 aliphatic rings. The Hall–Kier alpha value is -2.17. The van der Waals surface area contributed by atoms with E-state index >= 15 is 0 Å². The standard InChI is InChI=1S/C24H32N2O2/c1-18(2)21-11-9-20(10-12-21)13-14-25-24(27)17-26-15-19(3)28-23(16-26)22-7-5-4-6-8-22/h4-12,18-19,23H,13-17H2,1-3H3,(H,25,27). The van der Waals surface area contributed by atoms with Gasteiger partial charge in [0.25, 0.3) is 0 Å². The van der Waals surface area contributed by atoms with E-state index in [4.69, 9.17) is 4.74 Å². The fourth-order valence-electron chi connectivity index (χ4n) is 3.69. The highest BCUT2D eigenvalue weighted by Gasteiger charge is 2.27. The zero-order valence-electron chi connectivity index (χ0n) is 17.2. The molecule has 2 unspecified atom stereocenters. The van der Waals surface area contributed by atoms with E-state index < -0.39 is 0 Å². The Morgan fingerprint density at radius 1 is 1.11 bits per heavy atom. The molecule has 0 aliphatic carbocycles. The molecule has 1 saturated heterocycles. The lowest BCUT2D eigenvalue weighted by Crippen LogP contribution is -2.47. The summed E-state index contributed by atoms with van der Waals surface area (Å²) >= 11 is 0. The van der Waals surface area contributed by atoms with Gasteiger partial charge in [0.05, 0.1) is 18.8 Å². The van der Waals surface area contributed by atoms with Gasteiger partial charge in [0.2, 0.25) is 5.91 Å². The molecule has 1 heterocycles. The lowest BCUT2D eigenvalue weighted by atomic mass is 10.0. The summed E-state index contributed by atoms with van der Waals surface area (Å²) in [6, 6.07) is 18.9. The van der Waals surface area contributed by atoms with E-state index in [-0.39, 0.29) is 18.1 Å². The highest BCUT2D eigenvalue weighted by molar-refractivity contribution is 5.78. The maximum absolute atomic E-state index is 12.4. The molecule has 1 N–H and O–H groups in total. The van der Waals surface area contributed by atoms with Gasteiger partial charge in [0, 0.05) is 19.6 Å². The molecule has 0 spiro atoms. The molecule has 0 aromatic heterocycles. The van der Waals surface area contributed by atoms with Crippen molar-refractivity contribution in [3.63, 3.8) is 0 Å². The third kappa shape index (κ3) is 5.91. The largest absolute Gasteiger partial charge is 0.368 e. The highest BCUT2D eigenvalue weighted by atomic mass is 16.5. The van der Waals surface area contributed by atoms with Crippen LogP contribution in [-0.2, 0) is 16.0 Å². The first-order valence-corrected chi connectivity index (χ1v) is 10.3. The molecule has 2 aromatic rings. The normalized spacial score (nSPS) is 20.3. The number of rotatable bonds is 7. The second-order valence-corrected chi connectivity index (χ2v) is 8.04. The molecule has 4 heteroatoms. The van der Waals surface area contributed by atoms with Crippen molar-refractivity contribution in [2.45, 2.75) is 45.3 Å². The predicted octanol–water partition coefficient (Wildman–Crippen LogP) is 3.93. The lowest BCUT2D eigenvalue weighted by Gasteiger charge is -2.36. The van der Waals surface area contributed by atoms with E-state index in [0.717, 1.165) is 19.5 Å². The van der Waals surface area contributed by atoms with Gasteiger partial charge in [-0.3, -0.25) is 9.69 Å². The van der Waals surface area contributed by atoms with E-state index in [2.05, 4.69) is 67.4 Å². The minimum Gasteiger partial charge on any atom is -0.368 e. The molecule has 3 rings (SSSR count). The predicted molar refractivity (Wildman–Crippen MR) is 113 cm³/mol. The molecular weight excluding hydrogens is 348 g/mol. The Morgan fingerprint density at radius 3 is 2.50 bits per heavy atom. The monoisotopic (exact) mass is 380 g/mol. The van der Waals surface area contributed by atoms with E-state index in [9.17, 15) is 4.79 Å². The molecule has 150 valence electrons. The number of ether oxygens (including phenoxy) is 1. The average molecular weight is 381 g/mol. The van der Waals surface area contributed by atoms with Crippen LogP contribution in [0.5, 0.6) is 0 Å². The van der Waals surface area contributed by atoms with Crippen LogP contribution >= 0.6 is 0 Å². The SMILES string of the molecule is CC1CN(CC(=O)NCCc2ccc(C(C)C)cc2)CC(c2ccccc2)O1. The smallest absolute Gasteiger partial charge is 0.234 e. The number of nitrogens with zero attached hydrogens (tertiary/aromatic N) is 1. The molecule has 0 radical (unpaired) electrons. The molecule has 1 amide bonds. The first kappa shape index (κ1) is 20.6. The summed E-state index contributed by atoms with van der Waals surface area (Å²) in [7, 11) is 0. The number of amides is 1. The summed E-state index contributed by atoms with van der Waals surface area (Å²) in [5.41, 5.74) is 3.78. The van der Waals surface area contributed by atoms with Crippen LogP contribution in [0.4, 0.5) is 0 Å². The van der Waals surface area contributed by atoms with Crippen LogP contribution in [0.2, 0.25) is 0 Å². The number of benzene rings is 2. The molecule has 4 nitrogen and oxygen atoms in total. The third-order valence-corrected chi connectivity index (χ3v) is 5.26. The summed E-state index contributed by atoms with van der Waals surface area (Å²) in [6.45, 7) is 9.09. The fourth-order valence-corrected chi connectivity index (χ4v) is 3.69. The second-order valence-electron chi connectivity index (χ2n) is 8.04. The van der Waals surface area contributed by atoms with Gasteiger partial charge in [-0.05, 0) is 36.0 Å². The third-order valence-electron chi connectivity index (χ3n) is 5.26. The van der Waals surface area contributed by atoms with Crippen molar-refractivity contribution in [1.82, 2.24) is 10.2 Å². The van der Waals surface area contributed by atoms with Gasteiger partial charge in [-0.15, -0.1) is 0 Å². The summed E-state index contributed by atoms with van der Waals surface area (Å²) in [5.74, 6) is 0.629. The van der Waals surface area contributed by atoms with Gasteiger partial charge in [0.15, 0.2) is 0 Å². The first-order valence-electron chi connectivity index (χ1n) is 10.3. The van der Waals surface area contributed by atoms with Gasteiger partial charge >= 0.3 is 0 Å². The Kier molecular flexibility index (Phi) is 7.24. The summed E-state index contributed by atoms with van der Waals surface area (Å²) in [6.07, 6.45) is 0.999. The van der Waals surface area contributed by atoms with Crippen molar-refractivity contribution in [3.8, 4) is 0 Å². The van der Waals surface area contributed by atoms with Gasteiger partial charge < -0.3 is 10.1 Å². The van der Waals surface area contributed by atoms with Crippen molar-refractivity contribution in [2.75, 3.05) is 26.2 Å². The Balaban J connectivity index is 1.45. The number of carbonyl (C=O) groups excluding carboxylic acids is 1. The van der Waals surface area contributed by atoms with Gasteiger partial charge in [-0.2, -0.15) is 0 Å². The van der Waals surface area contributed by atoms with Gasteiger partial charge in [-0.1, -0.05) is 68.4 Å². The van der Waals surface area contributed by atoms with Crippen LogP contribution in [0.1, 0.15) is 49.5 Å². The van der Waals surface area contributed by atoms with E-state index in [0.29, 0.717) is 19.0 Å². The number of hydrogen-bond donors (Lipinski definition) is 1. The molecule has 2 aromatic carbocycles. The highest BCUT2D eigenvalue weighted by Crippen LogP contribution is 2.24. The van der Waals surface area contributed by atoms with Crippen molar-refractivity contribution < 1.29 is 9.53 Å². The van der Waals surface area contributed by atoms with E-state index in [1.807, 2.05) is 18.2 Å². The average Bonchev–Trinajstić information content (AvgIpc) is 2.68. The van der Waals surface area contributed by atoms with Crippen LogP contribution in [-0.4, -0.2) is 43.1 Å². The summed E-state index contributed by atoms with van der Waals surface area (Å²) < 4.78 is 6.08. The first-order chi connectivity index (χ1) is 13.5. The number of morpholine rings is 1. The van der Waals surface area contributed by atoms with Crippen molar-refractivity contribution in [3.05, 3.63) is 71.3 Å². The maximum Gasteiger partial charge on any atom is 0.234 e.